The highest BCUT2D eigenvalue weighted by Crippen LogP contribution is 2.39. The quantitative estimate of drug-likeness (QED) is 0.612. The minimum atomic E-state index is -2.96. The van der Waals surface area contributed by atoms with Crippen LogP contribution >= 0.6 is 0 Å². The Hall–Kier alpha value is -0.130. The summed E-state index contributed by atoms with van der Waals surface area (Å²) in [7, 11) is -1.44. The smallest absolute Gasteiger partial charge is 0.152 e. The second-order valence-corrected chi connectivity index (χ2v) is 5.42. The first-order valence-electron chi connectivity index (χ1n) is 3.37. The molecule has 1 aliphatic rings. The van der Waals surface area contributed by atoms with Crippen molar-refractivity contribution in [2.75, 3.05) is 20.0 Å². The van der Waals surface area contributed by atoms with Gasteiger partial charge in [0, 0.05) is 13.4 Å². The van der Waals surface area contributed by atoms with Crippen LogP contribution < -0.4 is 5.73 Å². The number of nitrogens with two attached hydrogens (primary N) is 1. The zero-order valence-electron chi connectivity index (χ0n) is 6.70. The van der Waals surface area contributed by atoms with Crippen molar-refractivity contribution in [1.82, 2.24) is 0 Å². The Labute approximate surface area is 66.6 Å². The van der Waals surface area contributed by atoms with Gasteiger partial charge in [0.05, 0.1) is 17.4 Å². The third kappa shape index (κ3) is 1.72. The first kappa shape index (κ1) is 8.96. The number of hydrogen-bond acceptors (Lipinski definition) is 4. The maximum Gasteiger partial charge on any atom is 0.152 e. The van der Waals surface area contributed by atoms with Crippen molar-refractivity contribution >= 4 is 9.84 Å². The molecule has 11 heavy (non-hydrogen) atoms. The van der Waals surface area contributed by atoms with Gasteiger partial charge < -0.3 is 10.5 Å². The Balaban J connectivity index is 2.60. The first-order chi connectivity index (χ1) is 4.90. The van der Waals surface area contributed by atoms with Crippen LogP contribution in [0.2, 0.25) is 0 Å². The molecule has 0 aliphatic heterocycles. The molecular formula is C6H13NO3S. The lowest BCUT2D eigenvalue weighted by atomic mass is 10.3. The minimum Gasteiger partial charge on any atom is -0.383 e. The highest BCUT2D eigenvalue weighted by Gasteiger charge is 2.57. The highest BCUT2D eigenvalue weighted by atomic mass is 32.2. The summed E-state index contributed by atoms with van der Waals surface area (Å²) in [6.45, 7) is 0.324. The zero-order valence-corrected chi connectivity index (χ0v) is 7.52. The minimum absolute atomic E-state index is 0.324. The van der Waals surface area contributed by atoms with Gasteiger partial charge in [0.1, 0.15) is 0 Å². The topological polar surface area (TPSA) is 69.4 Å². The molecule has 5 heteroatoms. The maximum absolute atomic E-state index is 10.9. The number of methoxy groups -OCH3 is 1. The summed E-state index contributed by atoms with van der Waals surface area (Å²) in [6, 6.07) is 0. The van der Waals surface area contributed by atoms with Crippen LogP contribution in [0.25, 0.3) is 0 Å². The molecule has 0 spiro atoms. The summed E-state index contributed by atoms with van der Waals surface area (Å²) in [6.07, 6.45) is 1.74. The lowest BCUT2D eigenvalue weighted by Crippen LogP contribution is -2.34. The summed E-state index contributed by atoms with van der Waals surface area (Å²) in [5, 5.41) is -0.394. The number of ether oxygens (including phenoxy) is 1. The average molecular weight is 179 g/mol. The predicted octanol–water partition coefficient (Wildman–Crippen LogP) is -0.853. The van der Waals surface area contributed by atoms with Crippen LogP contribution in [0.5, 0.6) is 0 Å². The largest absolute Gasteiger partial charge is 0.383 e. The second-order valence-electron chi connectivity index (χ2n) is 3.19. The molecule has 2 atom stereocenters. The van der Waals surface area contributed by atoms with E-state index >= 15 is 0 Å². The Kier molecular flexibility index (Phi) is 1.98. The van der Waals surface area contributed by atoms with E-state index in [9.17, 15) is 8.42 Å². The molecule has 0 bridgehead atoms. The Morgan fingerprint density at radius 3 is 2.55 bits per heavy atom. The van der Waals surface area contributed by atoms with E-state index in [1.165, 1.54) is 13.4 Å². The second kappa shape index (κ2) is 2.43. The molecule has 0 aromatic carbocycles. The molecule has 4 nitrogen and oxygen atoms in total. The Bertz CT molecular complexity index is 249. The van der Waals surface area contributed by atoms with Gasteiger partial charge in [0.2, 0.25) is 0 Å². The van der Waals surface area contributed by atoms with E-state index in [1.54, 1.807) is 0 Å². The van der Waals surface area contributed by atoms with Crippen LogP contribution in [-0.4, -0.2) is 39.2 Å². The van der Waals surface area contributed by atoms with Gasteiger partial charge in [-0.05, 0) is 6.42 Å². The maximum atomic E-state index is 10.9. The number of rotatable bonds is 3. The third-order valence-electron chi connectivity index (χ3n) is 1.98. The van der Waals surface area contributed by atoms with Crippen molar-refractivity contribution in [1.29, 1.82) is 0 Å². The van der Waals surface area contributed by atoms with Crippen LogP contribution in [0.15, 0.2) is 0 Å². The Morgan fingerprint density at radius 2 is 2.27 bits per heavy atom. The standard InChI is InChI=1S/C6H13NO3S/c1-10-4-6(7)3-5(6)11(2,8)9/h5H,3-4,7H2,1-2H3. The SMILES string of the molecule is COCC1(N)CC1S(C)(=O)=O. The molecule has 1 aliphatic carbocycles. The van der Waals surface area contributed by atoms with Gasteiger partial charge >= 0.3 is 0 Å². The van der Waals surface area contributed by atoms with Crippen LogP contribution in [0.4, 0.5) is 0 Å². The summed E-state index contributed by atoms with van der Waals surface area (Å²) in [5.41, 5.74) is 5.07. The summed E-state index contributed by atoms with van der Waals surface area (Å²) < 4.78 is 26.7. The van der Waals surface area contributed by atoms with Gasteiger partial charge in [-0.3, -0.25) is 0 Å². The van der Waals surface area contributed by atoms with Crippen molar-refractivity contribution in [3.63, 3.8) is 0 Å². The fourth-order valence-corrected chi connectivity index (χ4v) is 2.82. The van der Waals surface area contributed by atoms with Gasteiger partial charge in [-0.25, -0.2) is 8.42 Å². The van der Waals surface area contributed by atoms with E-state index in [4.69, 9.17) is 10.5 Å². The molecule has 0 aromatic rings. The molecule has 0 radical (unpaired) electrons. The van der Waals surface area contributed by atoms with Crippen molar-refractivity contribution in [3.8, 4) is 0 Å². The van der Waals surface area contributed by atoms with E-state index in [0.717, 1.165) is 0 Å². The predicted molar refractivity (Wildman–Crippen MR) is 42.0 cm³/mol. The van der Waals surface area contributed by atoms with Gasteiger partial charge in [0.15, 0.2) is 9.84 Å². The fourth-order valence-electron chi connectivity index (χ4n) is 1.28. The van der Waals surface area contributed by atoms with Gasteiger partial charge in [-0.2, -0.15) is 0 Å². The molecule has 2 N–H and O–H groups in total. The van der Waals surface area contributed by atoms with Crippen LogP contribution in [0.3, 0.4) is 0 Å². The van der Waals surface area contributed by atoms with E-state index < -0.39 is 20.6 Å². The zero-order chi connectivity index (χ0) is 8.70. The monoisotopic (exact) mass is 179 g/mol. The highest BCUT2D eigenvalue weighted by molar-refractivity contribution is 7.91. The average Bonchev–Trinajstić information content (AvgIpc) is 2.41. The van der Waals surface area contributed by atoms with Crippen LogP contribution in [0, 0.1) is 0 Å². The normalized spacial score (nSPS) is 37.2. The van der Waals surface area contributed by atoms with Gasteiger partial charge in [-0.1, -0.05) is 0 Å². The summed E-state index contributed by atoms with van der Waals surface area (Å²) in [4.78, 5) is 0. The summed E-state index contributed by atoms with van der Waals surface area (Å²) in [5.74, 6) is 0. The van der Waals surface area contributed by atoms with Crippen LogP contribution in [0.1, 0.15) is 6.42 Å². The number of hydrogen-bond donors (Lipinski definition) is 1. The third-order valence-corrected chi connectivity index (χ3v) is 3.65. The van der Waals surface area contributed by atoms with Crippen LogP contribution in [-0.2, 0) is 14.6 Å². The first-order valence-corrected chi connectivity index (χ1v) is 5.32. The number of sulfone groups is 1. The van der Waals surface area contributed by atoms with Crippen molar-refractivity contribution < 1.29 is 13.2 Å². The lowest BCUT2D eigenvalue weighted by Gasteiger charge is -2.07. The molecule has 2 unspecified atom stereocenters. The lowest BCUT2D eigenvalue weighted by molar-refractivity contribution is 0.173. The molecule has 0 amide bonds. The fraction of sp³-hybridized carbons (Fsp3) is 1.00. The van der Waals surface area contributed by atoms with E-state index in [-0.39, 0.29) is 0 Å². The molecule has 1 fully saturated rings. The van der Waals surface area contributed by atoms with E-state index in [2.05, 4.69) is 0 Å². The molecule has 66 valence electrons. The molecular weight excluding hydrogens is 166 g/mol. The molecule has 0 heterocycles. The van der Waals surface area contributed by atoms with Crippen molar-refractivity contribution in [2.45, 2.75) is 17.2 Å². The van der Waals surface area contributed by atoms with E-state index in [0.29, 0.717) is 13.0 Å². The molecule has 0 saturated heterocycles. The molecule has 0 aromatic heterocycles. The van der Waals surface area contributed by atoms with E-state index in [1.807, 2.05) is 0 Å². The van der Waals surface area contributed by atoms with Crippen molar-refractivity contribution in [3.05, 3.63) is 0 Å². The molecule has 1 rings (SSSR count). The van der Waals surface area contributed by atoms with Crippen molar-refractivity contribution in [2.24, 2.45) is 5.73 Å². The summed E-state index contributed by atoms with van der Waals surface area (Å²) >= 11 is 0. The molecule has 1 saturated carbocycles. The van der Waals surface area contributed by atoms with Gasteiger partial charge in [-0.15, -0.1) is 0 Å². The Morgan fingerprint density at radius 1 is 1.73 bits per heavy atom. The van der Waals surface area contributed by atoms with Gasteiger partial charge in [0.25, 0.3) is 0 Å².